The molecule has 1 unspecified atom stereocenters. The summed E-state index contributed by atoms with van der Waals surface area (Å²) in [6, 6.07) is 4.26. The number of phenols is 2. The number of aromatic hydroxyl groups is 2. The van der Waals surface area contributed by atoms with Crippen LogP contribution in [-0.4, -0.2) is 27.4 Å². The Bertz CT molecular complexity index is 361. The van der Waals surface area contributed by atoms with Gasteiger partial charge in [-0.25, -0.2) is 0 Å². The van der Waals surface area contributed by atoms with Crippen molar-refractivity contribution in [1.82, 2.24) is 0 Å². The highest BCUT2D eigenvalue weighted by Crippen LogP contribution is 2.35. The Morgan fingerprint density at radius 3 is 2.73 bits per heavy atom. The Hall–Kier alpha value is -1.91. The summed E-state index contributed by atoms with van der Waals surface area (Å²) in [5, 5.41) is 27.0. The largest absolute Gasteiger partial charge is 0.504 e. The molecule has 0 saturated heterocycles. The first kappa shape index (κ1) is 11.2. The van der Waals surface area contributed by atoms with Crippen LogP contribution in [0.3, 0.4) is 0 Å². The van der Waals surface area contributed by atoms with E-state index in [0.717, 1.165) is 0 Å². The third kappa shape index (κ3) is 3.05. The summed E-state index contributed by atoms with van der Waals surface area (Å²) in [7, 11) is 0. The molecule has 0 aliphatic heterocycles. The number of hydrogen-bond acceptors (Lipinski definition) is 4. The van der Waals surface area contributed by atoms with Crippen molar-refractivity contribution < 1.29 is 24.9 Å². The fourth-order valence-corrected chi connectivity index (χ4v) is 1.11. The minimum atomic E-state index is -0.984. The fraction of sp³-hybridized carbons (Fsp3) is 0.300. The number of benzene rings is 1. The molecule has 0 radical (unpaired) electrons. The maximum Gasteiger partial charge on any atom is 0.307 e. The van der Waals surface area contributed by atoms with Crippen molar-refractivity contribution in [1.29, 1.82) is 0 Å². The molecule has 0 spiro atoms. The number of carbonyl (C=O) groups is 1. The number of carboxylic acid groups (broad SMARTS) is 1. The van der Waals surface area contributed by atoms with Gasteiger partial charge in [0.1, 0.15) is 6.10 Å². The number of rotatable bonds is 4. The van der Waals surface area contributed by atoms with E-state index in [1.807, 2.05) is 0 Å². The van der Waals surface area contributed by atoms with E-state index in [2.05, 4.69) is 0 Å². The maximum atomic E-state index is 10.4. The smallest absolute Gasteiger partial charge is 0.307 e. The summed E-state index contributed by atoms with van der Waals surface area (Å²) >= 11 is 0. The molecule has 0 heterocycles. The van der Waals surface area contributed by atoms with E-state index in [0.29, 0.717) is 0 Å². The molecule has 5 nitrogen and oxygen atoms in total. The lowest BCUT2D eigenvalue weighted by atomic mass is 10.2. The van der Waals surface area contributed by atoms with Crippen LogP contribution < -0.4 is 4.74 Å². The van der Waals surface area contributed by atoms with E-state index < -0.39 is 12.1 Å². The van der Waals surface area contributed by atoms with Crippen molar-refractivity contribution in [2.24, 2.45) is 0 Å². The molecule has 0 aliphatic carbocycles. The fourth-order valence-electron chi connectivity index (χ4n) is 1.11. The molecule has 1 rings (SSSR count). The molecule has 15 heavy (non-hydrogen) atoms. The summed E-state index contributed by atoms with van der Waals surface area (Å²) in [5.74, 6) is -1.59. The average Bonchev–Trinajstić information content (AvgIpc) is 2.11. The zero-order chi connectivity index (χ0) is 11.4. The molecule has 82 valence electrons. The molecule has 0 fully saturated rings. The number of carboxylic acids is 1. The second kappa shape index (κ2) is 4.54. The molecule has 1 aromatic carbocycles. The normalized spacial score (nSPS) is 12.1. The summed E-state index contributed by atoms with van der Waals surface area (Å²) in [6.45, 7) is 1.57. The zero-order valence-corrected chi connectivity index (χ0v) is 8.17. The molecule has 0 saturated carbocycles. The molecular weight excluding hydrogens is 200 g/mol. The topological polar surface area (TPSA) is 87.0 Å². The molecule has 0 bridgehead atoms. The monoisotopic (exact) mass is 212 g/mol. The second-order valence-electron chi connectivity index (χ2n) is 3.15. The third-order valence-electron chi connectivity index (χ3n) is 1.77. The van der Waals surface area contributed by atoms with Gasteiger partial charge in [0.2, 0.25) is 5.75 Å². The maximum absolute atomic E-state index is 10.4. The van der Waals surface area contributed by atoms with Crippen molar-refractivity contribution in [3.8, 4) is 17.2 Å². The van der Waals surface area contributed by atoms with E-state index in [9.17, 15) is 9.90 Å². The van der Waals surface area contributed by atoms with Crippen molar-refractivity contribution in [2.75, 3.05) is 0 Å². The van der Waals surface area contributed by atoms with Gasteiger partial charge in [0, 0.05) is 0 Å². The molecular formula is C10H12O5. The standard InChI is InChI=1S/C10H12O5/c1-6(5-9(12)13)15-8-4-2-3-7(11)10(8)14/h2-4,6,11,14H,5H2,1H3,(H,12,13). The SMILES string of the molecule is CC(CC(=O)O)Oc1cccc(O)c1O. The van der Waals surface area contributed by atoms with Gasteiger partial charge in [0.05, 0.1) is 6.42 Å². The Balaban J connectivity index is 2.72. The highest BCUT2D eigenvalue weighted by atomic mass is 16.5. The average molecular weight is 212 g/mol. The number of phenolic OH excluding ortho intramolecular Hbond substituents is 2. The lowest BCUT2D eigenvalue weighted by molar-refractivity contribution is -0.138. The number of ether oxygens (including phenoxy) is 1. The summed E-state index contributed by atoms with van der Waals surface area (Å²) in [6.07, 6.45) is -0.745. The van der Waals surface area contributed by atoms with Crippen molar-refractivity contribution in [3.63, 3.8) is 0 Å². The van der Waals surface area contributed by atoms with Gasteiger partial charge in [0.15, 0.2) is 11.5 Å². The molecule has 0 aromatic heterocycles. The van der Waals surface area contributed by atoms with Gasteiger partial charge in [0.25, 0.3) is 0 Å². The van der Waals surface area contributed by atoms with Crippen LogP contribution in [0.2, 0.25) is 0 Å². The summed E-state index contributed by atoms with van der Waals surface area (Å²) in [5.41, 5.74) is 0. The Morgan fingerprint density at radius 1 is 1.47 bits per heavy atom. The molecule has 5 heteroatoms. The number of para-hydroxylation sites is 1. The van der Waals surface area contributed by atoms with Gasteiger partial charge in [-0.2, -0.15) is 0 Å². The molecule has 1 aromatic rings. The number of aliphatic carboxylic acids is 1. The van der Waals surface area contributed by atoms with Crippen LogP contribution in [0.15, 0.2) is 18.2 Å². The van der Waals surface area contributed by atoms with E-state index in [4.69, 9.17) is 14.9 Å². The van der Waals surface area contributed by atoms with E-state index >= 15 is 0 Å². The van der Waals surface area contributed by atoms with Crippen molar-refractivity contribution in [2.45, 2.75) is 19.4 Å². The van der Waals surface area contributed by atoms with Crippen molar-refractivity contribution in [3.05, 3.63) is 18.2 Å². The van der Waals surface area contributed by atoms with Crippen LogP contribution in [-0.2, 0) is 4.79 Å². The lowest BCUT2D eigenvalue weighted by Crippen LogP contribution is -2.16. The van der Waals surface area contributed by atoms with Crippen LogP contribution in [0, 0.1) is 0 Å². The van der Waals surface area contributed by atoms with Gasteiger partial charge in [-0.1, -0.05) is 6.07 Å². The quantitative estimate of drug-likeness (QED) is 0.655. The van der Waals surface area contributed by atoms with Crippen LogP contribution in [0.5, 0.6) is 17.2 Å². The van der Waals surface area contributed by atoms with Gasteiger partial charge >= 0.3 is 5.97 Å². The molecule has 1 atom stereocenters. The molecule has 0 amide bonds. The Labute approximate surface area is 86.5 Å². The van der Waals surface area contributed by atoms with E-state index in [-0.39, 0.29) is 23.7 Å². The predicted molar refractivity (Wildman–Crippen MR) is 52.1 cm³/mol. The third-order valence-corrected chi connectivity index (χ3v) is 1.77. The van der Waals surface area contributed by atoms with Crippen LogP contribution >= 0.6 is 0 Å². The van der Waals surface area contributed by atoms with Crippen molar-refractivity contribution >= 4 is 5.97 Å². The summed E-state index contributed by atoms with van der Waals surface area (Å²) in [4.78, 5) is 10.4. The number of hydrogen-bond donors (Lipinski definition) is 3. The first-order valence-electron chi connectivity index (χ1n) is 4.40. The van der Waals surface area contributed by atoms with Gasteiger partial charge in [-0.15, -0.1) is 0 Å². The minimum absolute atomic E-state index is 0.0729. The van der Waals surface area contributed by atoms with E-state index in [1.54, 1.807) is 6.92 Å². The molecule has 3 N–H and O–H groups in total. The van der Waals surface area contributed by atoms with E-state index in [1.165, 1.54) is 18.2 Å². The highest BCUT2D eigenvalue weighted by Gasteiger charge is 2.13. The van der Waals surface area contributed by atoms with Crippen LogP contribution in [0.25, 0.3) is 0 Å². The lowest BCUT2D eigenvalue weighted by Gasteiger charge is -2.13. The minimum Gasteiger partial charge on any atom is -0.504 e. The first-order valence-corrected chi connectivity index (χ1v) is 4.40. The van der Waals surface area contributed by atoms with Gasteiger partial charge < -0.3 is 20.1 Å². The zero-order valence-electron chi connectivity index (χ0n) is 8.17. The van der Waals surface area contributed by atoms with Gasteiger partial charge in [-0.3, -0.25) is 4.79 Å². The Morgan fingerprint density at radius 2 is 2.13 bits per heavy atom. The highest BCUT2D eigenvalue weighted by molar-refractivity contribution is 5.67. The van der Waals surface area contributed by atoms with Crippen LogP contribution in [0.1, 0.15) is 13.3 Å². The predicted octanol–water partition coefficient (Wildman–Crippen LogP) is 1.34. The second-order valence-corrected chi connectivity index (χ2v) is 3.15. The molecule has 0 aliphatic rings. The van der Waals surface area contributed by atoms with Crippen LogP contribution in [0.4, 0.5) is 0 Å². The Kier molecular flexibility index (Phi) is 3.38. The first-order chi connectivity index (χ1) is 7.00. The van der Waals surface area contributed by atoms with Gasteiger partial charge in [-0.05, 0) is 19.1 Å². The summed E-state index contributed by atoms with van der Waals surface area (Å²) < 4.78 is 5.15.